The first-order chi connectivity index (χ1) is 6.20. The van der Waals surface area contributed by atoms with Crippen molar-refractivity contribution in [2.45, 2.75) is 4.90 Å². The van der Waals surface area contributed by atoms with Crippen molar-refractivity contribution < 1.29 is 13.2 Å². The van der Waals surface area contributed by atoms with Crippen LogP contribution in [0, 0.1) is 0 Å². The first-order valence-electron chi connectivity index (χ1n) is 3.78. The molecule has 2 rings (SSSR count). The van der Waals surface area contributed by atoms with Gasteiger partial charge < -0.3 is 4.74 Å². The third-order valence-electron chi connectivity index (χ3n) is 1.66. The lowest BCUT2D eigenvalue weighted by Crippen LogP contribution is -2.24. The van der Waals surface area contributed by atoms with E-state index in [-0.39, 0.29) is 17.3 Å². The van der Waals surface area contributed by atoms with E-state index in [1.807, 2.05) is 0 Å². The molecule has 1 N–H and O–H groups in total. The molecule has 0 atom stereocenters. The molecule has 0 radical (unpaired) electrons. The molecule has 0 fully saturated rings. The summed E-state index contributed by atoms with van der Waals surface area (Å²) in [4.78, 5) is 3.94. The van der Waals surface area contributed by atoms with Crippen molar-refractivity contribution in [3.8, 4) is 5.88 Å². The summed E-state index contributed by atoms with van der Waals surface area (Å²) in [6.45, 7) is 0.585. The molecule has 1 aromatic rings. The minimum absolute atomic E-state index is 0.104. The molecule has 13 heavy (non-hydrogen) atoms. The van der Waals surface area contributed by atoms with Gasteiger partial charge in [0.1, 0.15) is 11.5 Å². The Hall–Kier alpha value is -1.14. The second-order valence-electron chi connectivity index (χ2n) is 2.55. The highest BCUT2D eigenvalue weighted by Gasteiger charge is 2.22. The Morgan fingerprint density at radius 1 is 1.54 bits per heavy atom. The second-order valence-corrected chi connectivity index (χ2v) is 4.29. The van der Waals surface area contributed by atoms with E-state index in [0.717, 1.165) is 0 Å². The predicted molar refractivity (Wildman–Crippen MR) is 44.9 cm³/mol. The van der Waals surface area contributed by atoms with Crippen LogP contribution in [0.25, 0.3) is 0 Å². The summed E-state index contributed by atoms with van der Waals surface area (Å²) in [5.41, 5.74) is 0. The molecule has 70 valence electrons. The monoisotopic (exact) mass is 200 g/mol. The maximum atomic E-state index is 11.5. The summed E-state index contributed by atoms with van der Waals surface area (Å²) >= 11 is 0. The molecule has 1 aliphatic rings. The van der Waals surface area contributed by atoms with Gasteiger partial charge >= 0.3 is 0 Å². The van der Waals surface area contributed by atoms with E-state index in [9.17, 15) is 8.42 Å². The molecule has 1 aliphatic heterocycles. The van der Waals surface area contributed by atoms with E-state index >= 15 is 0 Å². The van der Waals surface area contributed by atoms with Crippen molar-refractivity contribution in [3.05, 3.63) is 18.3 Å². The summed E-state index contributed by atoms with van der Waals surface area (Å²) in [5, 5.41) is 0. The largest absolute Gasteiger partial charge is 0.475 e. The Labute approximate surface area is 75.8 Å². The summed E-state index contributed by atoms with van der Waals surface area (Å²) in [5.74, 6) is 0.174. The highest BCUT2D eigenvalue weighted by atomic mass is 32.2. The van der Waals surface area contributed by atoms with Crippen molar-refractivity contribution in [3.63, 3.8) is 0 Å². The van der Waals surface area contributed by atoms with Gasteiger partial charge in [0.15, 0.2) is 0 Å². The Kier molecular flexibility index (Phi) is 1.93. The normalized spacial score (nSPS) is 19.7. The lowest BCUT2D eigenvalue weighted by molar-refractivity contribution is 0.308. The van der Waals surface area contributed by atoms with Gasteiger partial charge in [-0.05, 0) is 12.1 Å². The Bertz CT molecular complexity index is 416. The minimum Gasteiger partial charge on any atom is -0.475 e. The van der Waals surface area contributed by atoms with Gasteiger partial charge in [0.2, 0.25) is 15.9 Å². The molecule has 5 nitrogen and oxygen atoms in total. The maximum absolute atomic E-state index is 11.5. The van der Waals surface area contributed by atoms with Crippen LogP contribution < -0.4 is 9.46 Å². The number of aromatic nitrogens is 1. The average Bonchev–Trinajstić information content (AvgIpc) is 2.26. The zero-order valence-corrected chi connectivity index (χ0v) is 7.54. The fraction of sp³-hybridized carbons (Fsp3) is 0.286. The highest BCUT2D eigenvalue weighted by Crippen LogP contribution is 2.21. The SMILES string of the molecule is O=S1(=O)NCCOc2ncccc21. The average molecular weight is 200 g/mol. The van der Waals surface area contributed by atoms with E-state index in [4.69, 9.17) is 4.74 Å². The number of fused-ring (bicyclic) bond motifs is 1. The van der Waals surface area contributed by atoms with Gasteiger partial charge in [0.05, 0.1) is 0 Å². The van der Waals surface area contributed by atoms with Crippen LogP contribution in [-0.4, -0.2) is 26.6 Å². The molecule has 0 aromatic carbocycles. The van der Waals surface area contributed by atoms with Gasteiger partial charge in [0, 0.05) is 12.7 Å². The number of sulfonamides is 1. The smallest absolute Gasteiger partial charge is 0.246 e. The Balaban J connectivity index is 2.62. The van der Waals surface area contributed by atoms with Crippen LogP contribution in [0.1, 0.15) is 0 Å². The number of hydrogen-bond donors (Lipinski definition) is 1. The van der Waals surface area contributed by atoms with Crippen molar-refractivity contribution in [1.82, 2.24) is 9.71 Å². The van der Waals surface area contributed by atoms with Crippen molar-refractivity contribution in [2.24, 2.45) is 0 Å². The highest BCUT2D eigenvalue weighted by molar-refractivity contribution is 7.89. The number of pyridine rings is 1. The van der Waals surface area contributed by atoms with Gasteiger partial charge in [0.25, 0.3) is 0 Å². The molecule has 0 spiro atoms. The molecular formula is C7H8N2O3S. The first kappa shape index (κ1) is 8.46. The summed E-state index contributed by atoms with van der Waals surface area (Å²) < 4.78 is 30.4. The predicted octanol–water partition coefficient (Wildman–Crippen LogP) is -0.248. The fourth-order valence-corrected chi connectivity index (χ4v) is 2.20. The van der Waals surface area contributed by atoms with Gasteiger partial charge in [-0.1, -0.05) is 0 Å². The van der Waals surface area contributed by atoms with Crippen LogP contribution in [0.15, 0.2) is 23.2 Å². The quantitative estimate of drug-likeness (QED) is 0.627. The van der Waals surface area contributed by atoms with Crippen LogP contribution in [-0.2, 0) is 10.0 Å². The van der Waals surface area contributed by atoms with Gasteiger partial charge in [-0.3, -0.25) is 0 Å². The van der Waals surface area contributed by atoms with E-state index in [1.54, 1.807) is 6.07 Å². The van der Waals surface area contributed by atoms with Gasteiger partial charge in [-0.15, -0.1) is 0 Å². The molecule has 0 aliphatic carbocycles. The zero-order valence-electron chi connectivity index (χ0n) is 6.73. The maximum Gasteiger partial charge on any atom is 0.246 e. The number of rotatable bonds is 0. The summed E-state index contributed by atoms with van der Waals surface area (Å²) in [6, 6.07) is 3.03. The van der Waals surface area contributed by atoms with Gasteiger partial charge in [-0.2, -0.15) is 0 Å². The van der Waals surface area contributed by atoms with Crippen LogP contribution in [0.5, 0.6) is 5.88 Å². The first-order valence-corrected chi connectivity index (χ1v) is 5.26. The molecule has 1 aromatic heterocycles. The number of nitrogens with zero attached hydrogens (tertiary/aromatic N) is 1. The van der Waals surface area contributed by atoms with Gasteiger partial charge in [-0.25, -0.2) is 18.1 Å². The second kappa shape index (κ2) is 2.97. The molecule has 2 heterocycles. The molecular weight excluding hydrogens is 192 g/mol. The molecule has 0 saturated carbocycles. The standard InChI is InChI=1S/C7H8N2O3S/c10-13(11)6-2-1-3-8-7(6)12-5-4-9-13/h1-3,9H,4-5H2. The summed E-state index contributed by atoms with van der Waals surface area (Å²) in [7, 11) is -3.42. The zero-order chi connectivity index (χ0) is 9.31. The lowest BCUT2D eigenvalue weighted by Gasteiger charge is -2.02. The molecule has 0 saturated heterocycles. The number of nitrogens with one attached hydrogen (secondary N) is 1. The lowest BCUT2D eigenvalue weighted by atomic mass is 10.5. The van der Waals surface area contributed by atoms with E-state index < -0.39 is 10.0 Å². The molecule has 0 amide bonds. The van der Waals surface area contributed by atoms with E-state index in [1.165, 1.54) is 12.3 Å². The van der Waals surface area contributed by atoms with E-state index in [0.29, 0.717) is 6.61 Å². The molecule has 0 unspecified atom stereocenters. The molecule has 6 heteroatoms. The topological polar surface area (TPSA) is 68.3 Å². The number of hydrogen-bond acceptors (Lipinski definition) is 4. The summed E-state index contributed by atoms with van der Waals surface area (Å²) in [6.07, 6.45) is 1.50. The van der Waals surface area contributed by atoms with Crippen LogP contribution in [0.4, 0.5) is 0 Å². The minimum atomic E-state index is -3.42. The third kappa shape index (κ3) is 1.50. The van der Waals surface area contributed by atoms with E-state index in [2.05, 4.69) is 9.71 Å². The Morgan fingerprint density at radius 3 is 3.23 bits per heavy atom. The van der Waals surface area contributed by atoms with Crippen LogP contribution in [0.2, 0.25) is 0 Å². The van der Waals surface area contributed by atoms with Crippen LogP contribution >= 0.6 is 0 Å². The third-order valence-corrected chi connectivity index (χ3v) is 3.13. The van der Waals surface area contributed by atoms with Crippen molar-refractivity contribution >= 4 is 10.0 Å². The van der Waals surface area contributed by atoms with Crippen molar-refractivity contribution in [2.75, 3.05) is 13.2 Å². The van der Waals surface area contributed by atoms with Crippen LogP contribution in [0.3, 0.4) is 0 Å². The fourth-order valence-electron chi connectivity index (χ4n) is 1.09. The number of ether oxygens (including phenoxy) is 1. The van der Waals surface area contributed by atoms with Crippen molar-refractivity contribution in [1.29, 1.82) is 0 Å². The molecule has 0 bridgehead atoms. The Morgan fingerprint density at radius 2 is 2.38 bits per heavy atom.